The molecule has 0 bridgehead atoms. The second-order valence-corrected chi connectivity index (χ2v) is 3.72. The number of imidazole rings is 1. The van der Waals surface area contributed by atoms with Gasteiger partial charge in [0.15, 0.2) is 5.78 Å². The lowest BCUT2D eigenvalue weighted by Gasteiger charge is -1.90. The van der Waals surface area contributed by atoms with Crippen molar-refractivity contribution in [3.8, 4) is 0 Å². The number of carbonyl (C=O) groups excluding carboxylic acids is 1. The lowest BCUT2D eigenvalue weighted by atomic mass is 10.2. The van der Waals surface area contributed by atoms with E-state index in [1.807, 2.05) is 18.2 Å². The highest BCUT2D eigenvalue weighted by atomic mass is 16.1. The Bertz CT molecular complexity index is 739. The van der Waals surface area contributed by atoms with Crippen molar-refractivity contribution in [2.45, 2.75) is 6.92 Å². The highest BCUT2D eigenvalue weighted by Crippen LogP contribution is 2.19. The Morgan fingerprint density at radius 1 is 1.00 bits per heavy atom. The van der Waals surface area contributed by atoms with E-state index < -0.39 is 0 Å². The van der Waals surface area contributed by atoms with Crippen LogP contribution in [0.25, 0.3) is 21.9 Å². The van der Waals surface area contributed by atoms with E-state index in [1.54, 1.807) is 6.07 Å². The largest absolute Gasteiger partial charge is 0.293 e. The van der Waals surface area contributed by atoms with Crippen molar-refractivity contribution in [2.24, 2.45) is 0 Å². The second kappa shape index (κ2) is 3.55. The Hall–Kier alpha value is -2.43. The van der Waals surface area contributed by atoms with Crippen LogP contribution in [0.15, 0.2) is 30.6 Å². The van der Waals surface area contributed by atoms with E-state index in [9.17, 15) is 4.79 Å². The maximum Gasteiger partial charge on any atom is 0.180 e. The molecule has 0 amide bonds. The summed E-state index contributed by atoms with van der Waals surface area (Å²) in [4.78, 5) is 19.5. The molecule has 2 aromatic heterocycles. The molecular formula is C12H8N4O. The standard InChI is InChI=1S/C12H8N4O/c1-7(17)9-4-2-8-3-5-10-12(14-6-13-10)11(8)16-15-9/h2-6H,1H3. The third kappa shape index (κ3) is 1.52. The number of aromatic nitrogens is 4. The molecule has 0 saturated heterocycles. The molecular weight excluding hydrogens is 216 g/mol. The molecule has 0 spiro atoms. The zero-order valence-electron chi connectivity index (χ0n) is 9.08. The maximum absolute atomic E-state index is 11.2. The van der Waals surface area contributed by atoms with Gasteiger partial charge in [-0.15, -0.1) is 10.2 Å². The first-order valence-electron chi connectivity index (χ1n) is 5.14. The number of carbonyl (C=O) groups is 1. The molecule has 0 saturated carbocycles. The minimum Gasteiger partial charge on any atom is -0.293 e. The van der Waals surface area contributed by atoms with Crippen molar-refractivity contribution in [1.29, 1.82) is 0 Å². The minimum absolute atomic E-state index is 0.109. The molecule has 0 radical (unpaired) electrons. The normalized spacial score (nSPS) is 10.9. The second-order valence-electron chi connectivity index (χ2n) is 3.72. The van der Waals surface area contributed by atoms with Gasteiger partial charge in [0, 0.05) is 12.3 Å². The van der Waals surface area contributed by atoms with Crippen molar-refractivity contribution in [1.82, 2.24) is 20.2 Å². The predicted molar refractivity (Wildman–Crippen MR) is 62.6 cm³/mol. The summed E-state index contributed by atoms with van der Waals surface area (Å²) in [6.07, 6.45) is 1.49. The molecule has 2 heterocycles. The van der Waals surface area contributed by atoms with E-state index in [1.165, 1.54) is 13.3 Å². The van der Waals surface area contributed by atoms with Crippen molar-refractivity contribution in [3.63, 3.8) is 0 Å². The van der Waals surface area contributed by atoms with E-state index in [-0.39, 0.29) is 5.78 Å². The zero-order valence-corrected chi connectivity index (χ0v) is 9.08. The molecule has 1 aromatic carbocycles. The number of hydrogen-bond donors (Lipinski definition) is 0. The molecule has 0 aliphatic rings. The lowest BCUT2D eigenvalue weighted by molar-refractivity contribution is 0.101. The van der Waals surface area contributed by atoms with E-state index in [0.717, 1.165) is 10.9 Å². The average molecular weight is 224 g/mol. The van der Waals surface area contributed by atoms with Gasteiger partial charge >= 0.3 is 0 Å². The van der Waals surface area contributed by atoms with Crippen LogP contribution < -0.4 is 0 Å². The van der Waals surface area contributed by atoms with Gasteiger partial charge in [0.05, 0.1) is 5.52 Å². The summed E-state index contributed by atoms with van der Waals surface area (Å²) in [6, 6.07) is 7.25. The van der Waals surface area contributed by atoms with Crippen LogP contribution in [0.4, 0.5) is 0 Å². The molecule has 17 heavy (non-hydrogen) atoms. The van der Waals surface area contributed by atoms with Crippen LogP contribution >= 0.6 is 0 Å². The maximum atomic E-state index is 11.2. The average Bonchev–Trinajstić information content (AvgIpc) is 2.67. The number of ketones is 1. The molecule has 0 fully saturated rings. The summed E-state index contributed by atoms with van der Waals surface area (Å²) < 4.78 is 0. The number of Topliss-reactive ketones (excluding diaryl/α,β-unsaturated/α-hetero) is 1. The molecule has 0 aliphatic heterocycles. The molecule has 5 heteroatoms. The van der Waals surface area contributed by atoms with Gasteiger partial charge in [0.25, 0.3) is 0 Å². The number of benzene rings is 1. The molecule has 5 nitrogen and oxygen atoms in total. The SMILES string of the molecule is CC(=O)c1ccc2ccc3ncnc3c2nn1. The van der Waals surface area contributed by atoms with Gasteiger partial charge in [0.1, 0.15) is 23.1 Å². The monoisotopic (exact) mass is 224 g/mol. The van der Waals surface area contributed by atoms with Gasteiger partial charge < -0.3 is 0 Å². The predicted octanol–water partition coefficient (Wildman–Crippen LogP) is 1.78. The molecule has 3 aromatic rings. The number of fused-ring (bicyclic) bond motifs is 3. The summed E-state index contributed by atoms with van der Waals surface area (Å²) in [5.41, 5.74) is 2.49. The van der Waals surface area contributed by atoms with Gasteiger partial charge in [0.2, 0.25) is 0 Å². The van der Waals surface area contributed by atoms with E-state index in [0.29, 0.717) is 16.7 Å². The van der Waals surface area contributed by atoms with Crippen LogP contribution in [0.3, 0.4) is 0 Å². The quantitative estimate of drug-likeness (QED) is 0.589. The van der Waals surface area contributed by atoms with Crippen LogP contribution in [-0.4, -0.2) is 25.9 Å². The fourth-order valence-corrected chi connectivity index (χ4v) is 1.70. The first-order chi connectivity index (χ1) is 8.25. The fraction of sp³-hybridized carbons (Fsp3) is 0.0833. The summed E-state index contributed by atoms with van der Waals surface area (Å²) in [5, 5.41) is 8.91. The van der Waals surface area contributed by atoms with Crippen LogP contribution in [0.1, 0.15) is 17.4 Å². The third-order valence-corrected chi connectivity index (χ3v) is 2.58. The van der Waals surface area contributed by atoms with Crippen molar-refractivity contribution >= 4 is 27.7 Å². The Labute approximate surface area is 96.5 Å². The van der Waals surface area contributed by atoms with Crippen LogP contribution in [0.5, 0.6) is 0 Å². The molecule has 82 valence electrons. The van der Waals surface area contributed by atoms with E-state index in [4.69, 9.17) is 0 Å². The molecule has 0 unspecified atom stereocenters. The minimum atomic E-state index is -0.109. The van der Waals surface area contributed by atoms with E-state index >= 15 is 0 Å². The lowest BCUT2D eigenvalue weighted by Crippen LogP contribution is -1.94. The highest BCUT2D eigenvalue weighted by Gasteiger charge is 2.05. The molecule has 3 rings (SSSR count). The van der Waals surface area contributed by atoms with Gasteiger partial charge in [-0.2, -0.15) is 0 Å². The van der Waals surface area contributed by atoms with Crippen LogP contribution in [0, 0.1) is 0 Å². The van der Waals surface area contributed by atoms with Crippen LogP contribution in [-0.2, 0) is 0 Å². The van der Waals surface area contributed by atoms with Crippen molar-refractivity contribution in [2.75, 3.05) is 0 Å². The Kier molecular flexibility index (Phi) is 2.04. The van der Waals surface area contributed by atoms with Gasteiger partial charge in [-0.3, -0.25) is 4.79 Å². The summed E-state index contributed by atoms with van der Waals surface area (Å²) in [5.74, 6) is -0.109. The highest BCUT2D eigenvalue weighted by molar-refractivity contribution is 6.01. The first-order valence-corrected chi connectivity index (χ1v) is 5.14. The van der Waals surface area contributed by atoms with Crippen molar-refractivity contribution in [3.05, 3.63) is 36.3 Å². The summed E-state index contributed by atoms with van der Waals surface area (Å²) in [7, 11) is 0. The molecule has 0 N–H and O–H groups in total. The Morgan fingerprint density at radius 2 is 1.82 bits per heavy atom. The topological polar surface area (TPSA) is 68.6 Å². The fourth-order valence-electron chi connectivity index (χ4n) is 1.70. The number of nitrogens with zero attached hydrogens (tertiary/aromatic N) is 4. The van der Waals surface area contributed by atoms with Crippen molar-refractivity contribution < 1.29 is 4.79 Å². The summed E-state index contributed by atoms with van der Waals surface area (Å²) >= 11 is 0. The van der Waals surface area contributed by atoms with Crippen LogP contribution in [0.2, 0.25) is 0 Å². The number of rotatable bonds is 1. The molecule has 0 atom stereocenters. The zero-order chi connectivity index (χ0) is 11.8. The number of hydrogen-bond acceptors (Lipinski definition) is 5. The Balaban J connectivity index is 2.44. The van der Waals surface area contributed by atoms with Gasteiger partial charge in [-0.05, 0) is 12.1 Å². The first kappa shape index (κ1) is 9.77. The van der Waals surface area contributed by atoms with Gasteiger partial charge in [-0.25, -0.2) is 9.97 Å². The molecule has 0 aliphatic carbocycles. The Morgan fingerprint density at radius 3 is 2.65 bits per heavy atom. The summed E-state index contributed by atoms with van der Waals surface area (Å²) in [6.45, 7) is 1.46. The van der Waals surface area contributed by atoms with E-state index in [2.05, 4.69) is 20.2 Å². The van der Waals surface area contributed by atoms with Gasteiger partial charge in [-0.1, -0.05) is 12.1 Å². The smallest absolute Gasteiger partial charge is 0.180 e. The third-order valence-electron chi connectivity index (χ3n) is 2.58.